The van der Waals surface area contributed by atoms with Crippen molar-refractivity contribution in [3.8, 4) is 0 Å². The number of likely N-dealkylation sites (N-methyl/N-ethyl adjacent to an activating group) is 1. The van der Waals surface area contributed by atoms with Crippen molar-refractivity contribution in [2.45, 2.75) is 26.1 Å². The predicted octanol–water partition coefficient (Wildman–Crippen LogP) is 2.22. The zero-order valence-electron chi connectivity index (χ0n) is 11.0. The van der Waals surface area contributed by atoms with Gasteiger partial charge in [-0.1, -0.05) is 0 Å². The summed E-state index contributed by atoms with van der Waals surface area (Å²) in [6.45, 7) is 3.38. The summed E-state index contributed by atoms with van der Waals surface area (Å²) in [5.41, 5.74) is 0.814. The van der Waals surface area contributed by atoms with Crippen molar-refractivity contribution in [1.29, 1.82) is 0 Å². The van der Waals surface area contributed by atoms with E-state index in [2.05, 4.69) is 4.98 Å². The van der Waals surface area contributed by atoms with Gasteiger partial charge in [-0.05, 0) is 36.4 Å². The quantitative estimate of drug-likeness (QED) is 0.881. The van der Waals surface area contributed by atoms with Crippen LogP contribution < -0.4 is 0 Å². The van der Waals surface area contributed by atoms with Gasteiger partial charge in [0, 0.05) is 18.9 Å². The second-order valence-electron chi connectivity index (χ2n) is 4.34. The molecule has 0 aliphatic rings. The Morgan fingerprint density at radius 1 is 1.63 bits per heavy atom. The van der Waals surface area contributed by atoms with Crippen LogP contribution in [0.5, 0.6) is 0 Å². The molecule has 102 valence electrons. The van der Waals surface area contributed by atoms with Crippen molar-refractivity contribution in [3.05, 3.63) is 40.6 Å². The number of aryl methyl sites for hydroxylation is 1. The molecular formula is C13H17N3O2S. The lowest BCUT2D eigenvalue weighted by Gasteiger charge is -2.23. The van der Waals surface area contributed by atoms with Crippen molar-refractivity contribution in [3.63, 3.8) is 0 Å². The van der Waals surface area contributed by atoms with Gasteiger partial charge in [-0.25, -0.2) is 4.98 Å². The van der Waals surface area contributed by atoms with Gasteiger partial charge >= 0.3 is 5.97 Å². The Kier molecular flexibility index (Phi) is 4.34. The Balaban J connectivity index is 2.17. The SMILES string of the molecule is CCn1ccnc1CN(C)[C@H](C(=O)O)c1ccsc1. The van der Waals surface area contributed by atoms with Gasteiger partial charge < -0.3 is 9.67 Å². The molecule has 0 unspecified atom stereocenters. The fraction of sp³-hybridized carbons (Fsp3) is 0.385. The van der Waals surface area contributed by atoms with Gasteiger partial charge in [-0.15, -0.1) is 0 Å². The van der Waals surface area contributed by atoms with E-state index in [4.69, 9.17) is 0 Å². The summed E-state index contributed by atoms with van der Waals surface area (Å²) in [4.78, 5) is 17.5. The molecule has 2 heterocycles. The maximum absolute atomic E-state index is 11.5. The van der Waals surface area contributed by atoms with Crippen molar-refractivity contribution in [2.75, 3.05) is 7.05 Å². The Morgan fingerprint density at radius 2 is 2.42 bits per heavy atom. The van der Waals surface area contributed by atoms with E-state index in [1.165, 1.54) is 11.3 Å². The molecule has 1 atom stereocenters. The fourth-order valence-corrected chi connectivity index (χ4v) is 2.79. The van der Waals surface area contributed by atoms with Gasteiger partial charge in [-0.3, -0.25) is 9.69 Å². The molecular weight excluding hydrogens is 262 g/mol. The fourth-order valence-electron chi connectivity index (χ4n) is 2.11. The van der Waals surface area contributed by atoms with E-state index in [9.17, 15) is 9.90 Å². The first kappa shape index (κ1) is 13.8. The lowest BCUT2D eigenvalue weighted by molar-refractivity contribution is -0.143. The number of rotatable bonds is 6. The lowest BCUT2D eigenvalue weighted by atomic mass is 10.1. The number of thiophene rings is 1. The van der Waals surface area contributed by atoms with Crippen LogP contribution in [0.25, 0.3) is 0 Å². The minimum Gasteiger partial charge on any atom is -0.480 e. The Labute approximate surface area is 116 Å². The van der Waals surface area contributed by atoms with Crippen molar-refractivity contribution in [2.24, 2.45) is 0 Å². The van der Waals surface area contributed by atoms with E-state index in [1.807, 2.05) is 41.6 Å². The van der Waals surface area contributed by atoms with Crippen LogP contribution in [0, 0.1) is 0 Å². The molecule has 0 saturated heterocycles. The normalized spacial score (nSPS) is 12.8. The Morgan fingerprint density at radius 3 is 3.00 bits per heavy atom. The smallest absolute Gasteiger partial charge is 0.325 e. The third kappa shape index (κ3) is 3.02. The molecule has 6 heteroatoms. The minimum absolute atomic E-state index is 0.508. The highest BCUT2D eigenvalue weighted by atomic mass is 32.1. The number of aliphatic carboxylic acids is 1. The molecule has 0 saturated carbocycles. The van der Waals surface area contributed by atoms with Gasteiger partial charge in [0.1, 0.15) is 11.9 Å². The predicted molar refractivity (Wildman–Crippen MR) is 74.1 cm³/mol. The number of imidazole rings is 1. The molecule has 5 nitrogen and oxygen atoms in total. The number of carboxylic acid groups (broad SMARTS) is 1. The first-order valence-electron chi connectivity index (χ1n) is 6.08. The van der Waals surface area contributed by atoms with Crippen LogP contribution in [0.15, 0.2) is 29.2 Å². The van der Waals surface area contributed by atoms with E-state index in [0.29, 0.717) is 6.54 Å². The lowest BCUT2D eigenvalue weighted by Crippen LogP contribution is -2.31. The maximum atomic E-state index is 11.5. The van der Waals surface area contributed by atoms with Crippen LogP contribution in [-0.4, -0.2) is 32.6 Å². The molecule has 1 N–H and O–H groups in total. The zero-order chi connectivity index (χ0) is 13.8. The highest BCUT2D eigenvalue weighted by Crippen LogP contribution is 2.23. The number of carbonyl (C=O) groups is 1. The number of hydrogen-bond donors (Lipinski definition) is 1. The molecule has 2 rings (SSSR count). The molecule has 0 aromatic carbocycles. The van der Waals surface area contributed by atoms with E-state index in [-0.39, 0.29) is 0 Å². The molecule has 0 fully saturated rings. The van der Waals surface area contributed by atoms with Crippen LogP contribution in [0.1, 0.15) is 24.4 Å². The largest absolute Gasteiger partial charge is 0.480 e. The van der Waals surface area contributed by atoms with Crippen LogP contribution in [0.4, 0.5) is 0 Å². The second-order valence-corrected chi connectivity index (χ2v) is 5.12. The standard InChI is InChI=1S/C13H17N3O2S/c1-3-16-6-5-14-11(16)8-15(2)12(13(17)18)10-4-7-19-9-10/h4-7,9,12H,3,8H2,1-2H3,(H,17,18)/t12-/m0/s1. The molecule has 0 aliphatic heterocycles. The molecule has 0 radical (unpaired) electrons. The van der Waals surface area contributed by atoms with Crippen LogP contribution in [-0.2, 0) is 17.9 Å². The first-order chi connectivity index (χ1) is 9.13. The average Bonchev–Trinajstić information content (AvgIpc) is 3.00. The maximum Gasteiger partial charge on any atom is 0.325 e. The van der Waals surface area contributed by atoms with Crippen LogP contribution in [0.3, 0.4) is 0 Å². The Bertz CT molecular complexity index is 536. The van der Waals surface area contributed by atoms with Crippen LogP contribution in [0.2, 0.25) is 0 Å². The summed E-state index contributed by atoms with van der Waals surface area (Å²) in [6, 6.07) is 1.22. The summed E-state index contributed by atoms with van der Waals surface area (Å²) < 4.78 is 2.02. The number of nitrogens with zero attached hydrogens (tertiary/aromatic N) is 3. The minimum atomic E-state index is -0.837. The van der Waals surface area contributed by atoms with Gasteiger partial charge in [0.05, 0.1) is 6.54 Å². The summed E-state index contributed by atoms with van der Waals surface area (Å²) in [5.74, 6) is 0.0435. The molecule has 0 aliphatic carbocycles. The van der Waals surface area contributed by atoms with E-state index < -0.39 is 12.0 Å². The molecule has 2 aromatic heterocycles. The topological polar surface area (TPSA) is 58.4 Å². The zero-order valence-corrected chi connectivity index (χ0v) is 11.8. The summed E-state index contributed by atoms with van der Waals surface area (Å²) in [5, 5.41) is 13.2. The summed E-state index contributed by atoms with van der Waals surface area (Å²) in [7, 11) is 1.81. The van der Waals surface area contributed by atoms with Gasteiger partial charge in [0.2, 0.25) is 0 Å². The summed E-state index contributed by atoms with van der Waals surface area (Å²) >= 11 is 1.51. The molecule has 2 aromatic rings. The van der Waals surface area contributed by atoms with E-state index in [0.717, 1.165) is 17.9 Å². The molecule has 0 amide bonds. The van der Waals surface area contributed by atoms with Crippen molar-refractivity contribution in [1.82, 2.24) is 14.5 Å². The number of aromatic nitrogens is 2. The third-order valence-electron chi connectivity index (χ3n) is 3.07. The van der Waals surface area contributed by atoms with Crippen molar-refractivity contribution < 1.29 is 9.90 Å². The highest BCUT2D eigenvalue weighted by Gasteiger charge is 2.25. The van der Waals surface area contributed by atoms with Gasteiger partial charge in [0.15, 0.2) is 0 Å². The molecule has 0 spiro atoms. The van der Waals surface area contributed by atoms with Crippen molar-refractivity contribution >= 4 is 17.3 Å². The number of hydrogen-bond acceptors (Lipinski definition) is 4. The van der Waals surface area contributed by atoms with E-state index in [1.54, 1.807) is 11.1 Å². The molecule has 19 heavy (non-hydrogen) atoms. The first-order valence-corrected chi connectivity index (χ1v) is 7.03. The molecule has 0 bridgehead atoms. The highest BCUT2D eigenvalue weighted by molar-refractivity contribution is 7.08. The Hall–Kier alpha value is -1.66. The number of carboxylic acids is 1. The van der Waals surface area contributed by atoms with E-state index >= 15 is 0 Å². The van der Waals surface area contributed by atoms with Gasteiger partial charge in [0.25, 0.3) is 0 Å². The second kappa shape index (κ2) is 5.99. The monoisotopic (exact) mass is 279 g/mol. The average molecular weight is 279 g/mol. The summed E-state index contributed by atoms with van der Waals surface area (Å²) in [6.07, 6.45) is 3.65. The third-order valence-corrected chi connectivity index (χ3v) is 3.77. The van der Waals surface area contributed by atoms with Gasteiger partial charge in [-0.2, -0.15) is 11.3 Å². The van der Waals surface area contributed by atoms with Crippen LogP contribution >= 0.6 is 11.3 Å².